The van der Waals surface area contributed by atoms with E-state index in [0.717, 1.165) is 42.6 Å². The predicted octanol–water partition coefficient (Wildman–Crippen LogP) is 5.48. The van der Waals surface area contributed by atoms with E-state index in [1.807, 2.05) is 18.2 Å². The molecule has 0 aliphatic carbocycles. The van der Waals surface area contributed by atoms with Crippen molar-refractivity contribution in [2.45, 2.75) is 39.0 Å². The van der Waals surface area contributed by atoms with E-state index in [1.165, 1.54) is 30.5 Å². The summed E-state index contributed by atoms with van der Waals surface area (Å²) >= 11 is 0. The molecule has 1 aliphatic rings. The molecule has 6 heteroatoms. The average Bonchev–Trinajstić information content (AvgIpc) is 2.84. The van der Waals surface area contributed by atoms with Crippen molar-refractivity contribution >= 4 is 17.5 Å². The van der Waals surface area contributed by atoms with Crippen molar-refractivity contribution in [2.75, 3.05) is 23.3 Å². The molecule has 1 amide bonds. The highest BCUT2D eigenvalue weighted by molar-refractivity contribution is 5.93. The SMILES string of the molecule is CCCCc1ccc(NC(=O)C2CCCN(c3ncc(-c4cccc(F)c4)cn3)C2)cc1. The number of carbonyl (C=O) groups is 1. The van der Waals surface area contributed by atoms with Crippen molar-refractivity contribution in [2.24, 2.45) is 5.92 Å². The molecule has 0 bridgehead atoms. The van der Waals surface area contributed by atoms with Crippen molar-refractivity contribution < 1.29 is 9.18 Å². The Morgan fingerprint density at radius 1 is 1.12 bits per heavy atom. The molecule has 166 valence electrons. The predicted molar refractivity (Wildman–Crippen MR) is 126 cm³/mol. The zero-order valence-electron chi connectivity index (χ0n) is 18.4. The lowest BCUT2D eigenvalue weighted by Gasteiger charge is -2.32. The number of amides is 1. The monoisotopic (exact) mass is 432 g/mol. The maximum absolute atomic E-state index is 13.5. The van der Waals surface area contributed by atoms with Gasteiger partial charge in [-0.25, -0.2) is 14.4 Å². The van der Waals surface area contributed by atoms with E-state index in [2.05, 4.69) is 39.2 Å². The number of halogens is 1. The summed E-state index contributed by atoms with van der Waals surface area (Å²) < 4.78 is 13.5. The summed E-state index contributed by atoms with van der Waals surface area (Å²) in [5, 5.41) is 3.06. The Morgan fingerprint density at radius 3 is 2.62 bits per heavy atom. The molecule has 1 N–H and O–H groups in total. The van der Waals surface area contributed by atoms with Gasteiger partial charge >= 0.3 is 0 Å². The van der Waals surface area contributed by atoms with Crippen LogP contribution >= 0.6 is 0 Å². The molecular weight excluding hydrogens is 403 g/mol. The third kappa shape index (κ3) is 5.49. The highest BCUT2D eigenvalue weighted by atomic mass is 19.1. The van der Waals surface area contributed by atoms with Gasteiger partial charge in [-0.2, -0.15) is 0 Å². The van der Waals surface area contributed by atoms with E-state index < -0.39 is 0 Å². The Bertz CT molecular complexity index is 1040. The molecule has 1 saturated heterocycles. The molecule has 1 unspecified atom stereocenters. The van der Waals surface area contributed by atoms with Crippen LogP contribution in [0.25, 0.3) is 11.1 Å². The number of hydrogen-bond acceptors (Lipinski definition) is 4. The Balaban J connectivity index is 1.37. The topological polar surface area (TPSA) is 58.1 Å². The van der Waals surface area contributed by atoms with Crippen LogP contribution in [0.1, 0.15) is 38.2 Å². The average molecular weight is 433 g/mol. The Labute approximate surface area is 188 Å². The van der Waals surface area contributed by atoms with Crippen LogP contribution in [0.2, 0.25) is 0 Å². The van der Waals surface area contributed by atoms with Crippen LogP contribution in [0.3, 0.4) is 0 Å². The zero-order valence-corrected chi connectivity index (χ0v) is 18.4. The summed E-state index contributed by atoms with van der Waals surface area (Å²) in [6, 6.07) is 14.5. The maximum atomic E-state index is 13.5. The molecule has 1 aliphatic heterocycles. The lowest BCUT2D eigenvalue weighted by atomic mass is 9.97. The quantitative estimate of drug-likeness (QED) is 0.537. The van der Waals surface area contributed by atoms with Crippen LogP contribution in [0.5, 0.6) is 0 Å². The maximum Gasteiger partial charge on any atom is 0.229 e. The van der Waals surface area contributed by atoms with E-state index in [4.69, 9.17) is 0 Å². The molecule has 4 rings (SSSR count). The molecule has 1 aromatic heterocycles. The minimum atomic E-state index is -0.285. The number of hydrogen-bond donors (Lipinski definition) is 1. The number of aryl methyl sites for hydroxylation is 1. The van der Waals surface area contributed by atoms with Gasteiger partial charge in [-0.3, -0.25) is 4.79 Å². The number of carbonyl (C=O) groups excluding carboxylic acids is 1. The molecule has 32 heavy (non-hydrogen) atoms. The van der Waals surface area contributed by atoms with Gasteiger partial charge in [0.05, 0.1) is 5.92 Å². The summed E-state index contributed by atoms with van der Waals surface area (Å²) in [5.41, 5.74) is 3.64. The van der Waals surface area contributed by atoms with Crippen molar-refractivity contribution in [3.8, 4) is 11.1 Å². The van der Waals surface area contributed by atoms with Gasteiger partial charge in [0.25, 0.3) is 0 Å². The fourth-order valence-corrected chi connectivity index (χ4v) is 4.05. The third-order valence-electron chi connectivity index (χ3n) is 5.91. The molecule has 1 fully saturated rings. The van der Waals surface area contributed by atoms with Crippen LogP contribution < -0.4 is 10.2 Å². The van der Waals surface area contributed by atoms with Crippen LogP contribution in [-0.4, -0.2) is 29.0 Å². The number of benzene rings is 2. The van der Waals surface area contributed by atoms with E-state index in [-0.39, 0.29) is 17.6 Å². The second kappa shape index (κ2) is 10.4. The van der Waals surface area contributed by atoms with Gasteiger partial charge in [0, 0.05) is 36.7 Å². The molecule has 1 atom stereocenters. The lowest BCUT2D eigenvalue weighted by molar-refractivity contribution is -0.120. The van der Waals surface area contributed by atoms with Crippen molar-refractivity contribution in [1.82, 2.24) is 9.97 Å². The third-order valence-corrected chi connectivity index (χ3v) is 5.91. The first-order chi connectivity index (χ1) is 15.6. The largest absolute Gasteiger partial charge is 0.340 e. The minimum absolute atomic E-state index is 0.0346. The van der Waals surface area contributed by atoms with E-state index in [1.54, 1.807) is 18.5 Å². The van der Waals surface area contributed by atoms with E-state index in [9.17, 15) is 9.18 Å². The number of aromatic nitrogens is 2. The first-order valence-electron chi connectivity index (χ1n) is 11.3. The number of rotatable bonds is 7. The standard InChI is InChI=1S/C26H29FN4O/c1-2-3-6-19-10-12-24(13-11-19)30-25(32)21-8-5-14-31(18-21)26-28-16-22(17-29-26)20-7-4-9-23(27)15-20/h4,7,9-13,15-17,21H,2-3,5-6,8,14,18H2,1H3,(H,30,32). The van der Waals surface area contributed by atoms with E-state index >= 15 is 0 Å². The van der Waals surface area contributed by atoms with Crippen LogP contribution in [0.4, 0.5) is 16.0 Å². The van der Waals surface area contributed by atoms with Crippen LogP contribution in [0.15, 0.2) is 60.9 Å². The Morgan fingerprint density at radius 2 is 1.91 bits per heavy atom. The summed E-state index contributed by atoms with van der Waals surface area (Å²) in [6.45, 7) is 3.58. The highest BCUT2D eigenvalue weighted by Gasteiger charge is 2.27. The number of nitrogens with one attached hydrogen (secondary N) is 1. The number of nitrogens with zero attached hydrogens (tertiary/aromatic N) is 3. The van der Waals surface area contributed by atoms with Crippen LogP contribution in [0, 0.1) is 11.7 Å². The molecular formula is C26H29FN4O. The number of anilines is 2. The first-order valence-corrected chi connectivity index (χ1v) is 11.3. The van der Waals surface area contributed by atoms with E-state index in [0.29, 0.717) is 12.5 Å². The second-order valence-electron chi connectivity index (χ2n) is 8.36. The van der Waals surface area contributed by atoms with Gasteiger partial charge in [0.15, 0.2) is 0 Å². The molecule has 2 aromatic carbocycles. The molecule has 0 radical (unpaired) electrons. The first kappa shape index (κ1) is 21.9. The van der Waals surface area contributed by atoms with Crippen molar-refractivity contribution in [3.05, 3.63) is 72.3 Å². The summed E-state index contributed by atoms with van der Waals surface area (Å²) in [7, 11) is 0. The van der Waals surface area contributed by atoms with Gasteiger partial charge in [0.1, 0.15) is 5.82 Å². The van der Waals surface area contributed by atoms with Gasteiger partial charge in [-0.15, -0.1) is 0 Å². The van der Waals surface area contributed by atoms with Gasteiger partial charge in [-0.05, 0) is 61.1 Å². The van der Waals surface area contributed by atoms with Crippen molar-refractivity contribution in [1.29, 1.82) is 0 Å². The molecule has 0 saturated carbocycles. The van der Waals surface area contributed by atoms with Gasteiger partial charge in [-0.1, -0.05) is 37.6 Å². The normalized spacial score (nSPS) is 16.1. The van der Waals surface area contributed by atoms with Crippen LogP contribution in [-0.2, 0) is 11.2 Å². The molecule has 5 nitrogen and oxygen atoms in total. The minimum Gasteiger partial charge on any atom is -0.340 e. The Kier molecular flexibility index (Phi) is 7.10. The fraction of sp³-hybridized carbons (Fsp3) is 0.346. The Hall–Kier alpha value is -3.28. The van der Waals surface area contributed by atoms with Gasteiger partial charge in [0.2, 0.25) is 11.9 Å². The molecule has 0 spiro atoms. The highest BCUT2D eigenvalue weighted by Crippen LogP contribution is 2.24. The second-order valence-corrected chi connectivity index (χ2v) is 8.36. The molecule has 2 heterocycles. The molecule has 3 aromatic rings. The zero-order chi connectivity index (χ0) is 22.3. The summed E-state index contributed by atoms with van der Waals surface area (Å²) in [5.74, 6) is 0.234. The lowest BCUT2D eigenvalue weighted by Crippen LogP contribution is -2.41. The number of piperidine rings is 1. The van der Waals surface area contributed by atoms with Crippen molar-refractivity contribution in [3.63, 3.8) is 0 Å². The fourth-order valence-electron chi connectivity index (χ4n) is 4.05. The summed E-state index contributed by atoms with van der Waals surface area (Å²) in [4.78, 5) is 23.9. The van der Waals surface area contributed by atoms with Gasteiger partial charge < -0.3 is 10.2 Å². The smallest absolute Gasteiger partial charge is 0.229 e. The number of unbranched alkanes of at least 4 members (excludes halogenated alkanes) is 1. The summed E-state index contributed by atoms with van der Waals surface area (Å²) in [6.07, 6.45) is 8.59.